The molecule has 0 heterocycles. The van der Waals surface area contributed by atoms with E-state index in [1.807, 2.05) is 12.1 Å². The maximum absolute atomic E-state index is 12.2. The molecule has 108 valence electrons. The van der Waals surface area contributed by atoms with Crippen LogP contribution in [0.25, 0.3) is 0 Å². The fourth-order valence-corrected chi connectivity index (χ4v) is 4.03. The topological polar surface area (TPSA) is 29.1 Å². The monoisotopic (exact) mass is 271 g/mol. The second-order valence-corrected chi connectivity index (χ2v) is 6.96. The molecule has 1 amide bonds. The van der Waals surface area contributed by atoms with E-state index in [-0.39, 0.29) is 5.91 Å². The number of amides is 1. The van der Waals surface area contributed by atoms with Crippen molar-refractivity contribution < 1.29 is 4.79 Å². The summed E-state index contributed by atoms with van der Waals surface area (Å²) in [5.41, 5.74) is 2.25. The summed E-state index contributed by atoms with van der Waals surface area (Å²) in [7, 11) is 0. The van der Waals surface area contributed by atoms with Gasteiger partial charge < -0.3 is 5.32 Å². The van der Waals surface area contributed by atoms with Gasteiger partial charge in [-0.3, -0.25) is 4.79 Å². The molecule has 2 aliphatic carbocycles. The number of rotatable bonds is 4. The predicted octanol–water partition coefficient (Wildman–Crippen LogP) is 4.57. The van der Waals surface area contributed by atoms with Gasteiger partial charge in [-0.25, -0.2) is 0 Å². The molecule has 2 fully saturated rings. The SMILES string of the molecule is CC(C)c1ccc(NC(=O)CC2CC3CCC2C3)cc1. The van der Waals surface area contributed by atoms with Crippen LogP contribution in [-0.2, 0) is 4.79 Å². The maximum Gasteiger partial charge on any atom is 0.224 e. The summed E-state index contributed by atoms with van der Waals surface area (Å²) >= 11 is 0. The Balaban J connectivity index is 1.53. The molecule has 0 saturated heterocycles. The largest absolute Gasteiger partial charge is 0.326 e. The van der Waals surface area contributed by atoms with Crippen molar-refractivity contribution in [3.63, 3.8) is 0 Å². The lowest BCUT2D eigenvalue weighted by Crippen LogP contribution is -2.20. The van der Waals surface area contributed by atoms with E-state index < -0.39 is 0 Å². The quantitative estimate of drug-likeness (QED) is 0.853. The molecule has 3 rings (SSSR count). The van der Waals surface area contributed by atoms with E-state index in [1.54, 1.807) is 0 Å². The third-order valence-electron chi connectivity index (χ3n) is 5.19. The van der Waals surface area contributed by atoms with Crippen molar-refractivity contribution in [3.05, 3.63) is 29.8 Å². The van der Waals surface area contributed by atoms with Gasteiger partial charge in [-0.2, -0.15) is 0 Å². The zero-order chi connectivity index (χ0) is 14.1. The number of anilines is 1. The zero-order valence-electron chi connectivity index (χ0n) is 12.6. The molecule has 2 saturated carbocycles. The molecule has 1 aromatic carbocycles. The molecule has 1 aromatic rings. The van der Waals surface area contributed by atoms with Crippen molar-refractivity contribution in [2.45, 2.75) is 51.9 Å². The van der Waals surface area contributed by atoms with Gasteiger partial charge >= 0.3 is 0 Å². The van der Waals surface area contributed by atoms with Crippen LogP contribution in [0.15, 0.2) is 24.3 Å². The molecule has 0 spiro atoms. The van der Waals surface area contributed by atoms with Crippen LogP contribution in [-0.4, -0.2) is 5.91 Å². The van der Waals surface area contributed by atoms with Gasteiger partial charge in [0.2, 0.25) is 5.91 Å². The van der Waals surface area contributed by atoms with Gasteiger partial charge in [-0.15, -0.1) is 0 Å². The Labute approximate surface area is 122 Å². The fraction of sp³-hybridized carbons (Fsp3) is 0.611. The highest BCUT2D eigenvalue weighted by Gasteiger charge is 2.40. The first-order valence-electron chi connectivity index (χ1n) is 8.01. The molecule has 2 aliphatic rings. The van der Waals surface area contributed by atoms with Crippen LogP contribution >= 0.6 is 0 Å². The molecular weight excluding hydrogens is 246 g/mol. The minimum atomic E-state index is 0.194. The highest BCUT2D eigenvalue weighted by molar-refractivity contribution is 5.90. The summed E-state index contributed by atoms with van der Waals surface area (Å²) in [6.07, 6.45) is 6.13. The fourth-order valence-electron chi connectivity index (χ4n) is 4.03. The van der Waals surface area contributed by atoms with E-state index in [9.17, 15) is 4.79 Å². The van der Waals surface area contributed by atoms with Crippen LogP contribution in [0.1, 0.15) is 57.4 Å². The molecule has 3 unspecified atom stereocenters. The van der Waals surface area contributed by atoms with E-state index in [4.69, 9.17) is 0 Å². The average Bonchev–Trinajstić information content (AvgIpc) is 3.01. The lowest BCUT2D eigenvalue weighted by Gasteiger charge is -2.20. The third-order valence-corrected chi connectivity index (χ3v) is 5.19. The lowest BCUT2D eigenvalue weighted by molar-refractivity contribution is -0.117. The summed E-state index contributed by atoms with van der Waals surface area (Å²) in [4.78, 5) is 12.2. The van der Waals surface area contributed by atoms with Crippen molar-refractivity contribution in [2.24, 2.45) is 17.8 Å². The number of carbonyl (C=O) groups is 1. The highest BCUT2D eigenvalue weighted by Crippen LogP contribution is 2.49. The Morgan fingerprint density at radius 2 is 1.95 bits per heavy atom. The summed E-state index contributed by atoms with van der Waals surface area (Å²) in [6, 6.07) is 8.26. The Bertz CT molecular complexity index is 477. The van der Waals surface area contributed by atoms with E-state index >= 15 is 0 Å². The van der Waals surface area contributed by atoms with E-state index in [1.165, 1.54) is 31.2 Å². The van der Waals surface area contributed by atoms with Crippen LogP contribution < -0.4 is 5.32 Å². The molecule has 0 aromatic heterocycles. The minimum absolute atomic E-state index is 0.194. The normalized spacial score (nSPS) is 28.1. The Morgan fingerprint density at radius 1 is 1.20 bits per heavy atom. The Hall–Kier alpha value is -1.31. The number of carbonyl (C=O) groups excluding carboxylic acids is 1. The second-order valence-electron chi connectivity index (χ2n) is 6.96. The van der Waals surface area contributed by atoms with Crippen LogP contribution in [0.3, 0.4) is 0 Å². The van der Waals surface area contributed by atoms with E-state index in [2.05, 4.69) is 31.3 Å². The first kappa shape index (κ1) is 13.7. The van der Waals surface area contributed by atoms with Crippen LogP contribution in [0.4, 0.5) is 5.69 Å². The summed E-state index contributed by atoms with van der Waals surface area (Å²) in [5.74, 6) is 3.12. The third kappa shape index (κ3) is 2.89. The Kier molecular flexibility index (Phi) is 3.82. The van der Waals surface area contributed by atoms with Gasteiger partial charge in [0, 0.05) is 12.1 Å². The zero-order valence-corrected chi connectivity index (χ0v) is 12.6. The molecular formula is C18H25NO. The van der Waals surface area contributed by atoms with Gasteiger partial charge in [0.05, 0.1) is 0 Å². The maximum atomic E-state index is 12.2. The molecule has 1 N–H and O–H groups in total. The predicted molar refractivity (Wildman–Crippen MR) is 82.7 cm³/mol. The van der Waals surface area contributed by atoms with Crippen molar-refractivity contribution >= 4 is 11.6 Å². The van der Waals surface area contributed by atoms with E-state index in [0.29, 0.717) is 18.3 Å². The molecule has 2 nitrogen and oxygen atoms in total. The molecule has 3 atom stereocenters. The first-order chi connectivity index (χ1) is 9.61. The number of hydrogen-bond donors (Lipinski definition) is 1. The van der Waals surface area contributed by atoms with Crippen molar-refractivity contribution in [1.29, 1.82) is 0 Å². The number of benzene rings is 1. The first-order valence-corrected chi connectivity index (χ1v) is 8.01. The van der Waals surface area contributed by atoms with Crippen molar-refractivity contribution in [3.8, 4) is 0 Å². The highest BCUT2D eigenvalue weighted by atomic mass is 16.1. The van der Waals surface area contributed by atoms with Gasteiger partial charge in [0.15, 0.2) is 0 Å². The summed E-state index contributed by atoms with van der Waals surface area (Å²) < 4.78 is 0. The molecule has 2 heteroatoms. The van der Waals surface area contributed by atoms with Crippen LogP contribution in [0.2, 0.25) is 0 Å². The number of fused-ring (bicyclic) bond motifs is 2. The van der Waals surface area contributed by atoms with Crippen LogP contribution in [0, 0.1) is 17.8 Å². The second kappa shape index (κ2) is 5.59. The van der Waals surface area contributed by atoms with Crippen molar-refractivity contribution in [2.75, 3.05) is 5.32 Å². The van der Waals surface area contributed by atoms with Gasteiger partial charge in [0.25, 0.3) is 0 Å². The van der Waals surface area contributed by atoms with Gasteiger partial charge in [0.1, 0.15) is 0 Å². The van der Waals surface area contributed by atoms with Gasteiger partial charge in [-0.05, 0) is 60.6 Å². The smallest absolute Gasteiger partial charge is 0.224 e. The van der Waals surface area contributed by atoms with Crippen molar-refractivity contribution in [1.82, 2.24) is 0 Å². The number of nitrogens with one attached hydrogen (secondary N) is 1. The average molecular weight is 271 g/mol. The molecule has 0 aliphatic heterocycles. The standard InChI is InChI=1S/C18H25NO/c1-12(2)14-5-7-17(8-6-14)19-18(20)11-16-10-13-3-4-15(16)9-13/h5-8,12-13,15-16H,3-4,9-11H2,1-2H3,(H,19,20). The molecule has 2 bridgehead atoms. The van der Waals surface area contributed by atoms with Crippen LogP contribution in [0.5, 0.6) is 0 Å². The lowest BCUT2D eigenvalue weighted by atomic mass is 9.86. The van der Waals surface area contributed by atoms with Gasteiger partial charge in [-0.1, -0.05) is 32.4 Å². The summed E-state index contributed by atoms with van der Waals surface area (Å²) in [5, 5.41) is 3.06. The minimum Gasteiger partial charge on any atom is -0.326 e. The number of hydrogen-bond acceptors (Lipinski definition) is 1. The molecule has 20 heavy (non-hydrogen) atoms. The molecule has 0 radical (unpaired) electrons. The summed E-state index contributed by atoms with van der Waals surface area (Å²) in [6.45, 7) is 4.37. The Morgan fingerprint density at radius 3 is 2.50 bits per heavy atom. The van der Waals surface area contributed by atoms with E-state index in [0.717, 1.165) is 17.5 Å².